The molecule has 0 saturated heterocycles. The molecule has 1 N–H and O–H groups in total. The summed E-state index contributed by atoms with van der Waals surface area (Å²) in [5.41, 5.74) is 5.46. The summed E-state index contributed by atoms with van der Waals surface area (Å²) in [6.07, 6.45) is 0. The van der Waals surface area contributed by atoms with Crippen LogP contribution < -0.4 is 14.8 Å². The third-order valence-corrected chi connectivity index (χ3v) is 5.19. The first-order valence-corrected chi connectivity index (χ1v) is 10.2. The van der Waals surface area contributed by atoms with Gasteiger partial charge in [-0.3, -0.25) is 4.79 Å². The van der Waals surface area contributed by atoms with E-state index in [0.29, 0.717) is 23.8 Å². The number of para-hydroxylation sites is 2. The van der Waals surface area contributed by atoms with E-state index < -0.39 is 0 Å². The lowest BCUT2D eigenvalue weighted by molar-refractivity contribution is 0.102. The third kappa shape index (κ3) is 4.82. The Bertz CT molecular complexity index is 1020. The van der Waals surface area contributed by atoms with Gasteiger partial charge in [0.2, 0.25) is 0 Å². The van der Waals surface area contributed by atoms with E-state index in [-0.39, 0.29) is 5.91 Å². The molecular weight excluding hydrogens is 374 g/mol. The smallest absolute Gasteiger partial charge is 0.255 e. The molecule has 0 aliphatic heterocycles. The van der Waals surface area contributed by atoms with E-state index in [4.69, 9.17) is 9.47 Å². The van der Waals surface area contributed by atoms with E-state index in [1.165, 1.54) is 0 Å². The Morgan fingerprint density at radius 2 is 1.63 bits per heavy atom. The van der Waals surface area contributed by atoms with Crippen LogP contribution in [0.4, 0.5) is 5.69 Å². The number of methoxy groups -OCH3 is 1. The van der Waals surface area contributed by atoms with Crippen LogP contribution in [0.3, 0.4) is 0 Å². The summed E-state index contributed by atoms with van der Waals surface area (Å²) in [5.74, 6) is 1.75. The number of benzene rings is 3. The molecule has 0 bridgehead atoms. The Morgan fingerprint density at radius 1 is 0.933 bits per heavy atom. The molecule has 0 aliphatic rings. The van der Waals surface area contributed by atoms with Gasteiger partial charge >= 0.3 is 0 Å². The number of nitrogens with one attached hydrogen (secondary N) is 1. The molecule has 0 fully saturated rings. The molecule has 0 spiro atoms. The highest BCUT2D eigenvalue weighted by Gasteiger charge is 2.14. The van der Waals surface area contributed by atoms with Crippen LogP contribution in [-0.4, -0.2) is 13.0 Å². The van der Waals surface area contributed by atoms with Crippen molar-refractivity contribution in [2.24, 2.45) is 0 Å². The monoisotopic (exact) mass is 403 g/mol. The van der Waals surface area contributed by atoms with Gasteiger partial charge in [0, 0.05) is 16.8 Å². The molecule has 3 aromatic carbocycles. The van der Waals surface area contributed by atoms with Gasteiger partial charge in [-0.1, -0.05) is 50.2 Å². The van der Waals surface area contributed by atoms with Crippen molar-refractivity contribution in [1.82, 2.24) is 0 Å². The van der Waals surface area contributed by atoms with Gasteiger partial charge in [-0.15, -0.1) is 0 Å². The molecule has 0 unspecified atom stereocenters. The van der Waals surface area contributed by atoms with E-state index in [1.807, 2.05) is 62.4 Å². The summed E-state index contributed by atoms with van der Waals surface area (Å²) in [6, 6.07) is 19.4. The molecule has 0 aliphatic carbocycles. The van der Waals surface area contributed by atoms with Crippen molar-refractivity contribution in [3.05, 3.63) is 88.5 Å². The SMILES string of the molecule is COc1ccc(C(=O)Nc2c(C)cccc2C)cc1COc1ccccc1C(C)C. The minimum Gasteiger partial charge on any atom is -0.496 e. The number of aryl methyl sites for hydroxylation is 2. The second-order valence-corrected chi connectivity index (χ2v) is 7.73. The van der Waals surface area contributed by atoms with Crippen LogP contribution in [0, 0.1) is 13.8 Å². The van der Waals surface area contributed by atoms with Crippen LogP contribution in [0.15, 0.2) is 60.7 Å². The van der Waals surface area contributed by atoms with Gasteiger partial charge in [-0.05, 0) is 60.7 Å². The highest BCUT2D eigenvalue weighted by atomic mass is 16.5. The molecular formula is C26H29NO3. The maximum atomic E-state index is 12.9. The Morgan fingerprint density at radius 3 is 2.30 bits per heavy atom. The van der Waals surface area contributed by atoms with Gasteiger partial charge in [-0.25, -0.2) is 0 Å². The van der Waals surface area contributed by atoms with Crippen molar-refractivity contribution in [1.29, 1.82) is 0 Å². The summed E-state index contributed by atoms with van der Waals surface area (Å²) >= 11 is 0. The lowest BCUT2D eigenvalue weighted by Gasteiger charge is -2.16. The van der Waals surface area contributed by atoms with Crippen LogP contribution in [0.5, 0.6) is 11.5 Å². The zero-order valence-corrected chi connectivity index (χ0v) is 18.3. The second-order valence-electron chi connectivity index (χ2n) is 7.73. The Balaban J connectivity index is 1.83. The molecule has 1 amide bonds. The number of anilines is 1. The summed E-state index contributed by atoms with van der Waals surface area (Å²) in [7, 11) is 1.62. The normalized spacial score (nSPS) is 10.7. The number of ether oxygens (including phenoxy) is 2. The fraction of sp³-hybridized carbons (Fsp3) is 0.269. The molecule has 30 heavy (non-hydrogen) atoms. The number of carbonyl (C=O) groups is 1. The Kier molecular flexibility index (Phi) is 6.78. The Hall–Kier alpha value is -3.27. The van der Waals surface area contributed by atoms with E-state index in [1.54, 1.807) is 13.2 Å². The second kappa shape index (κ2) is 9.49. The third-order valence-electron chi connectivity index (χ3n) is 5.19. The number of hydrogen-bond acceptors (Lipinski definition) is 3. The molecule has 4 heteroatoms. The van der Waals surface area contributed by atoms with Gasteiger partial charge in [0.25, 0.3) is 5.91 Å². The van der Waals surface area contributed by atoms with E-state index in [2.05, 4.69) is 25.2 Å². The maximum absolute atomic E-state index is 12.9. The van der Waals surface area contributed by atoms with Crippen LogP contribution in [0.1, 0.15) is 52.4 Å². The van der Waals surface area contributed by atoms with E-state index >= 15 is 0 Å². The summed E-state index contributed by atoms with van der Waals surface area (Å²) in [4.78, 5) is 12.9. The van der Waals surface area contributed by atoms with Crippen LogP contribution >= 0.6 is 0 Å². The van der Waals surface area contributed by atoms with Gasteiger partial charge in [0.1, 0.15) is 18.1 Å². The number of hydrogen-bond donors (Lipinski definition) is 1. The van der Waals surface area contributed by atoms with Crippen molar-refractivity contribution in [2.75, 3.05) is 12.4 Å². The molecule has 0 heterocycles. The number of carbonyl (C=O) groups excluding carboxylic acids is 1. The lowest BCUT2D eigenvalue weighted by atomic mass is 10.0. The largest absolute Gasteiger partial charge is 0.496 e. The average molecular weight is 404 g/mol. The van der Waals surface area contributed by atoms with Crippen molar-refractivity contribution in [2.45, 2.75) is 40.2 Å². The highest BCUT2D eigenvalue weighted by Crippen LogP contribution is 2.29. The average Bonchev–Trinajstić information content (AvgIpc) is 2.74. The first-order chi connectivity index (χ1) is 14.4. The topological polar surface area (TPSA) is 47.6 Å². The standard InChI is InChI=1S/C26H29NO3/c1-17(2)22-11-6-7-12-24(22)30-16-21-15-20(13-14-23(21)29-5)26(28)27-25-18(3)9-8-10-19(25)4/h6-15,17H,16H2,1-5H3,(H,27,28). The van der Waals surface area contributed by atoms with Crippen molar-refractivity contribution < 1.29 is 14.3 Å². The van der Waals surface area contributed by atoms with Crippen LogP contribution in [0.2, 0.25) is 0 Å². The lowest BCUT2D eigenvalue weighted by Crippen LogP contribution is -2.14. The summed E-state index contributed by atoms with van der Waals surface area (Å²) in [5, 5.41) is 3.04. The summed E-state index contributed by atoms with van der Waals surface area (Å²) in [6.45, 7) is 8.57. The number of amides is 1. The van der Waals surface area contributed by atoms with Crippen LogP contribution in [-0.2, 0) is 6.61 Å². The molecule has 0 atom stereocenters. The minimum atomic E-state index is -0.154. The van der Waals surface area contributed by atoms with Crippen molar-refractivity contribution in [3.8, 4) is 11.5 Å². The predicted molar refractivity (Wildman–Crippen MR) is 122 cm³/mol. The first kappa shape index (κ1) is 21.4. The van der Waals surface area contributed by atoms with Crippen molar-refractivity contribution in [3.63, 3.8) is 0 Å². The number of rotatable bonds is 7. The highest BCUT2D eigenvalue weighted by molar-refractivity contribution is 6.05. The molecule has 4 nitrogen and oxygen atoms in total. The van der Waals surface area contributed by atoms with Gasteiger partial charge in [-0.2, -0.15) is 0 Å². The minimum absolute atomic E-state index is 0.154. The molecule has 3 aromatic rings. The predicted octanol–water partition coefficient (Wildman–Crippen LogP) is 6.27. The van der Waals surface area contributed by atoms with E-state index in [9.17, 15) is 4.79 Å². The fourth-order valence-electron chi connectivity index (χ4n) is 3.47. The fourth-order valence-corrected chi connectivity index (χ4v) is 3.47. The summed E-state index contributed by atoms with van der Waals surface area (Å²) < 4.78 is 11.6. The van der Waals surface area contributed by atoms with Crippen LogP contribution in [0.25, 0.3) is 0 Å². The molecule has 0 aromatic heterocycles. The maximum Gasteiger partial charge on any atom is 0.255 e. The van der Waals surface area contributed by atoms with Gasteiger partial charge in [0.05, 0.1) is 7.11 Å². The quantitative estimate of drug-likeness (QED) is 0.506. The van der Waals surface area contributed by atoms with Gasteiger partial charge < -0.3 is 14.8 Å². The Labute approximate surface area is 178 Å². The van der Waals surface area contributed by atoms with Gasteiger partial charge in [0.15, 0.2) is 0 Å². The molecule has 3 rings (SSSR count). The molecule has 0 saturated carbocycles. The first-order valence-electron chi connectivity index (χ1n) is 10.2. The zero-order valence-electron chi connectivity index (χ0n) is 18.3. The van der Waals surface area contributed by atoms with E-state index in [0.717, 1.165) is 33.7 Å². The molecule has 156 valence electrons. The van der Waals surface area contributed by atoms with Crippen molar-refractivity contribution >= 4 is 11.6 Å². The molecule has 0 radical (unpaired) electrons. The zero-order chi connectivity index (χ0) is 21.7.